The highest BCUT2D eigenvalue weighted by Gasteiger charge is 2.30. The molecule has 0 fully saturated rings. The molecule has 4 rings (SSSR count). The highest BCUT2D eigenvalue weighted by molar-refractivity contribution is 5.82. The zero-order chi connectivity index (χ0) is 23.9. The van der Waals surface area contributed by atoms with Gasteiger partial charge in [0, 0.05) is 12.3 Å². The Morgan fingerprint density at radius 3 is 2.18 bits per heavy atom. The van der Waals surface area contributed by atoms with Gasteiger partial charge in [-0.1, -0.05) is 73.3 Å². The third-order valence-electron chi connectivity index (χ3n) is 5.85. The van der Waals surface area contributed by atoms with Crippen molar-refractivity contribution in [3.63, 3.8) is 0 Å². The van der Waals surface area contributed by atoms with Crippen LogP contribution < -0.4 is 10.1 Å². The van der Waals surface area contributed by atoms with E-state index in [9.17, 15) is 9.59 Å². The fraction of sp³-hybridized carbons (Fsp3) is 0.214. The first kappa shape index (κ1) is 23.1. The predicted molar refractivity (Wildman–Crippen MR) is 130 cm³/mol. The Morgan fingerprint density at radius 1 is 0.971 bits per heavy atom. The van der Waals surface area contributed by atoms with Gasteiger partial charge in [-0.15, -0.1) is 0 Å². The van der Waals surface area contributed by atoms with Crippen LogP contribution in [0.2, 0.25) is 0 Å². The zero-order valence-electron chi connectivity index (χ0n) is 19.0. The molecule has 0 bridgehead atoms. The molecule has 3 aromatic carbocycles. The molecular weight excluding hydrogens is 430 g/mol. The van der Waals surface area contributed by atoms with E-state index in [1.54, 1.807) is 18.2 Å². The molecule has 0 heterocycles. The summed E-state index contributed by atoms with van der Waals surface area (Å²) in [7, 11) is 1.29. The summed E-state index contributed by atoms with van der Waals surface area (Å²) in [6.07, 6.45) is 1.26. The number of carbonyl (C=O) groups is 2. The van der Waals surface area contributed by atoms with Crippen LogP contribution in [0.3, 0.4) is 0 Å². The number of hydrogen-bond acceptors (Lipinski definition) is 5. The minimum absolute atomic E-state index is 0.0576. The van der Waals surface area contributed by atoms with E-state index in [-0.39, 0.29) is 18.9 Å². The van der Waals surface area contributed by atoms with Crippen LogP contribution in [0.5, 0.6) is 5.75 Å². The van der Waals surface area contributed by atoms with Gasteiger partial charge in [0.1, 0.15) is 25.0 Å². The Kier molecular flexibility index (Phi) is 7.28. The second kappa shape index (κ2) is 10.7. The summed E-state index contributed by atoms with van der Waals surface area (Å²) in [5.74, 6) is 0.0982. The lowest BCUT2D eigenvalue weighted by Crippen LogP contribution is -2.43. The average Bonchev–Trinajstić information content (AvgIpc) is 3.20. The molecule has 0 aromatic heterocycles. The number of alkyl carbamates (subject to hydrolysis) is 1. The van der Waals surface area contributed by atoms with Crippen molar-refractivity contribution < 1.29 is 23.8 Å². The van der Waals surface area contributed by atoms with E-state index in [0.717, 1.165) is 27.8 Å². The summed E-state index contributed by atoms with van der Waals surface area (Å²) in [5, 5.41) is 2.66. The van der Waals surface area contributed by atoms with E-state index in [2.05, 4.69) is 36.2 Å². The van der Waals surface area contributed by atoms with Gasteiger partial charge in [-0.25, -0.2) is 9.59 Å². The van der Waals surface area contributed by atoms with Gasteiger partial charge >= 0.3 is 12.1 Å². The molecule has 0 aliphatic heterocycles. The fourth-order valence-corrected chi connectivity index (χ4v) is 4.23. The van der Waals surface area contributed by atoms with E-state index >= 15 is 0 Å². The number of ether oxygens (including phenoxy) is 3. The lowest BCUT2D eigenvalue weighted by atomic mass is 9.98. The van der Waals surface area contributed by atoms with Gasteiger partial charge in [-0.2, -0.15) is 0 Å². The summed E-state index contributed by atoms with van der Waals surface area (Å²) >= 11 is 0. The maximum atomic E-state index is 12.6. The van der Waals surface area contributed by atoms with Gasteiger partial charge in [0.05, 0.1) is 7.11 Å². The summed E-state index contributed by atoms with van der Waals surface area (Å²) in [6.45, 7) is 4.20. The molecule has 6 nitrogen and oxygen atoms in total. The molecule has 0 unspecified atom stereocenters. The lowest BCUT2D eigenvalue weighted by molar-refractivity contribution is -0.143. The van der Waals surface area contributed by atoms with Crippen LogP contribution in [0, 0.1) is 0 Å². The highest BCUT2D eigenvalue weighted by Crippen LogP contribution is 2.44. The number of benzene rings is 3. The quantitative estimate of drug-likeness (QED) is 0.366. The van der Waals surface area contributed by atoms with Crippen molar-refractivity contribution in [1.29, 1.82) is 0 Å². The monoisotopic (exact) mass is 457 g/mol. The molecule has 174 valence electrons. The third kappa shape index (κ3) is 5.12. The predicted octanol–water partition coefficient (Wildman–Crippen LogP) is 4.87. The molecule has 6 heteroatoms. The van der Waals surface area contributed by atoms with Crippen LogP contribution in [-0.4, -0.2) is 38.4 Å². The Labute approximate surface area is 199 Å². The molecular formula is C28H27NO5. The van der Waals surface area contributed by atoms with Crippen molar-refractivity contribution in [3.8, 4) is 16.9 Å². The van der Waals surface area contributed by atoms with Crippen molar-refractivity contribution in [2.45, 2.75) is 18.4 Å². The molecule has 1 amide bonds. The Bertz CT molecular complexity index is 1130. The van der Waals surface area contributed by atoms with Crippen molar-refractivity contribution in [1.82, 2.24) is 5.32 Å². The molecule has 34 heavy (non-hydrogen) atoms. The van der Waals surface area contributed by atoms with Gasteiger partial charge in [0.25, 0.3) is 0 Å². The standard InChI is InChI=1S/C28H27NO5/c1-3-16-33-20-14-12-19(13-15-20)17-26(27(30)32-2)29-28(31)34-18-25-23-10-6-4-8-21(23)22-9-5-7-11-24(22)25/h3-15,25-26H,1,16-18H2,2H3,(H,29,31)/t26-/m0/s1. The summed E-state index contributed by atoms with van der Waals surface area (Å²) in [6, 6.07) is 22.7. The van der Waals surface area contributed by atoms with E-state index in [1.807, 2.05) is 36.4 Å². The molecule has 0 saturated carbocycles. The van der Waals surface area contributed by atoms with Gasteiger partial charge in [-0.3, -0.25) is 0 Å². The summed E-state index contributed by atoms with van der Waals surface area (Å²) in [4.78, 5) is 25.0. The van der Waals surface area contributed by atoms with Gasteiger partial charge < -0.3 is 19.5 Å². The first-order valence-corrected chi connectivity index (χ1v) is 11.1. The number of esters is 1. The topological polar surface area (TPSA) is 73.9 Å². The number of rotatable bonds is 9. The lowest BCUT2D eigenvalue weighted by Gasteiger charge is -2.19. The average molecular weight is 458 g/mol. The van der Waals surface area contributed by atoms with Gasteiger partial charge in [0.2, 0.25) is 0 Å². The maximum absolute atomic E-state index is 12.6. The normalized spacial score (nSPS) is 12.7. The van der Waals surface area contributed by atoms with Crippen molar-refractivity contribution in [3.05, 3.63) is 102 Å². The largest absolute Gasteiger partial charge is 0.490 e. The van der Waals surface area contributed by atoms with Crippen molar-refractivity contribution in [2.24, 2.45) is 0 Å². The second-order valence-electron chi connectivity index (χ2n) is 7.99. The van der Waals surface area contributed by atoms with Crippen LogP contribution in [0.1, 0.15) is 22.6 Å². The molecule has 1 aliphatic rings. The Balaban J connectivity index is 1.40. The molecule has 0 saturated heterocycles. The number of methoxy groups -OCH3 is 1. The van der Waals surface area contributed by atoms with Gasteiger partial charge in [0.15, 0.2) is 0 Å². The van der Waals surface area contributed by atoms with E-state index in [1.165, 1.54) is 7.11 Å². The summed E-state index contributed by atoms with van der Waals surface area (Å²) < 4.78 is 15.9. The number of hydrogen-bond donors (Lipinski definition) is 1. The number of fused-ring (bicyclic) bond motifs is 3. The molecule has 1 aliphatic carbocycles. The van der Waals surface area contributed by atoms with E-state index < -0.39 is 18.1 Å². The highest BCUT2D eigenvalue weighted by atomic mass is 16.6. The summed E-state index contributed by atoms with van der Waals surface area (Å²) in [5.41, 5.74) is 5.40. The SMILES string of the molecule is C=CCOc1ccc(C[C@H](NC(=O)OCC2c3ccccc3-c3ccccc32)C(=O)OC)cc1. The van der Waals surface area contributed by atoms with Crippen LogP contribution in [0.25, 0.3) is 11.1 Å². The molecule has 0 spiro atoms. The maximum Gasteiger partial charge on any atom is 0.407 e. The molecule has 1 atom stereocenters. The van der Waals surface area contributed by atoms with Gasteiger partial charge in [-0.05, 0) is 39.9 Å². The first-order chi connectivity index (χ1) is 16.6. The second-order valence-corrected chi connectivity index (χ2v) is 7.99. The number of amides is 1. The smallest absolute Gasteiger partial charge is 0.407 e. The van der Waals surface area contributed by atoms with Crippen LogP contribution in [0.15, 0.2) is 85.5 Å². The van der Waals surface area contributed by atoms with E-state index in [0.29, 0.717) is 12.4 Å². The minimum Gasteiger partial charge on any atom is -0.490 e. The Hall–Kier alpha value is -4.06. The van der Waals surface area contributed by atoms with Crippen LogP contribution in [0.4, 0.5) is 4.79 Å². The minimum atomic E-state index is -0.874. The number of nitrogens with one attached hydrogen (secondary N) is 1. The third-order valence-corrected chi connectivity index (χ3v) is 5.85. The van der Waals surface area contributed by atoms with Crippen LogP contribution in [-0.2, 0) is 20.7 Å². The molecule has 0 radical (unpaired) electrons. The van der Waals surface area contributed by atoms with E-state index in [4.69, 9.17) is 14.2 Å². The van der Waals surface area contributed by atoms with Crippen molar-refractivity contribution in [2.75, 3.05) is 20.3 Å². The molecule has 1 N–H and O–H groups in total. The first-order valence-electron chi connectivity index (χ1n) is 11.1. The zero-order valence-corrected chi connectivity index (χ0v) is 19.0. The fourth-order valence-electron chi connectivity index (χ4n) is 4.23. The number of carbonyl (C=O) groups excluding carboxylic acids is 2. The molecule has 3 aromatic rings. The van der Waals surface area contributed by atoms with Crippen LogP contribution >= 0.6 is 0 Å². The van der Waals surface area contributed by atoms with Crippen molar-refractivity contribution >= 4 is 12.1 Å². The Morgan fingerprint density at radius 2 is 1.59 bits per heavy atom.